The highest BCUT2D eigenvalue weighted by Crippen LogP contribution is 2.42. The van der Waals surface area contributed by atoms with Crippen molar-refractivity contribution in [2.45, 2.75) is 225 Å². The SMILES string of the molecule is CC/C=C\C/C=C\C/C=C\C/C=C\C/C=C\C/C=C\CCCCCCC(=O)OCC(O)COP(=O)(O)OCCNC(=O)CCCCCCCCCCCCCCCCCCCCC. The number of hydrogen-bond acceptors (Lipinski definition) is 7. The van der Waals surface area contributed by atoms with Gasteiger partial charge in [0.2, 0.25) is 5.91 Å². The van der Waals surface area contributed by atoms with Gasteiger partial charge in [-0.2, -0.15) is 0 Å². The Morgan fingerprint density at radius 3 is 1.37 bits per heavy atom. The number of esters is 1. The van der Waals surface area contributed by atoms with Crippen molar-refractivity contribution in [2.75, 3.05) is 26.4 Å². The Bertz CT molecular complexity index is 1260. The largest absolute Gasteiger partial charge is 0.472 e. The molecular formula is C53H94NO8P. The van der Waals surface area contributed by atoms with Gasteiger partial charge in [0.05, 0.1) is 13.2 Å². The molecule has 0 heterocycles. The number of aliphatic hydroxyl groups is 1. The smallest absolute Gasteiger partial charge is 0.463 e. The van der Waals surface area contributed by atoms with Gasteiger partial charge in [-0.05, 0) is 64.2 Å². The lowest BCUT2D eigenvalue weighted by molar-refractivity contribution is -0.147. The monoisotopic (exact) mass is 904 g/mol. The lowest BCUT2D eigenvalue weighted by Crippen LogP contribution is -2.27. The fourth-order valence-electron chi connectivity index (χ4n) is 6.86. The van der Waals surface area contributed by atoms with Crippen LogP contribution < -0.4 is 5.32 Å². The van der Waals surface area contributed by atoms with E-state index in [1.54, 1.807) is 0 Å². The van der Waals surface area contributed by atoms with Crippen molar-refractivity contribution in [2.24, 2.45) is 0 Å². The summed E-state index contributed by atoms with van der Waals surface area (Å²) >= 11 is 0. The first-order valence-electron chi connectivity index (χ1n) is 25.4. The number of amides is 1. The molecule has 0 radical (unpaired) electrons. The Morgan fingerprint density at radius 1 is 0.508 bits per heavy atom. The van der Waals surface area contributed by atoms with E-state index in [1.165, 1.54) is 103 Å². The van der Waals surface area contributed by atoms with E-state index in [-0.39, 0.29) is 32.1 Å². The number of nitrogens with one attached hydrogen (secondary N) is 1. The lowest BCUT2D eigenvalue weighted by Gasteiger charge is -2.15. The predicted octanol–water partition coefficient (Wildman–Crippen LogP) is 15.0. The van der Waals surface area contributed by atoms with E-state index in [0.717, 1.165) is 83.5 Å². The van der Waals surface area contributed by atoms with Crippen LogP contribution in [0.15, 0.2) is 72.9 Å². The second-order valence-electron chi connectivity index (χ2n) is 16.8. The molecule has 0 aliphatic heterocycles. The van der Waals surface area contributed by atoms with Gasteiger partial charge in [0.25, 0.3) is 0 Å². The third kappa shape index (κ3) is 50.3. The molecule has 0 fully saturated rings. The first-order chi connectivity index (χ1) is 30.8. The number of carbonyl (C=O) groups is 2. The second-order valence-corrected chi connectivity index (χ2v) is 18.2. The maximum atomic E-state index is 12.1. The van der Waals surface area contributed by atoms with Gasteiger partial charge in [-0.15, -0.1) is 0 Å². The molecule has 1 amide bonds. The van der Waals surface area contributed by atoms with Crippen molar-refractivity contribution in [1.82, 2.24) is 5.32 Å². The molecule has 0 aliphatic carbocycles. The molecule has 364 valence electrons. The van der Waals surface area contributed by atoms with Crippen molar-refractivity contribution in [3.63, 3.8) is 0 Å². The number of aliphatic hydroxyl groups excluding tert-OH is 1. The van der Waals surface area contributed by atoms with Crippen LogP contribution >= 0.6 is 7.82 Å². The number of phosphoric ester groups is 1. The van der Waals surface area contributed by atoms with Crippen LogP contribution in [0, 0.1) is 0 Å². The van der Waals surface area contributed by atoms with Gasteiger partial charge in [-0.1, -0.05) is 215 Å². The molecular weight excluding hydrogens is 810 g/mol. The summed E-state index contributed by atoms with van der Waals surface area (Å²) in [6.07, 6.45) is 61.2. The van der Waals surface area contributed by atoms with Gasteiger partial charge in [0, 0.05) is 19.4 Å². The van der Waals surface area contributed by atoms with Crippen LogP contribution in [0.1, 0.15) is 219 Å². The summed E-state index contributed by atoms with van der Waals surface area (Å²) in [5.74, 6) is -0.539. The molecule has 0 spiro atoms. The van der Waals surface area contributed by atoms with Crippen molar-refractivity contribution in [1.29, 1.82) is 0 Å². The number of phosphoric acid groups is 1. The highest BCUT2D eigenvalue weighted by molar-refractivity contribution is 7.47. The predicted molar refractivity (Wildman–Crippen MR) is 266 cm³/mol. The van der Waals surface area contributed by atoms with Crippen LogP contribution in [-0.4, -0.2) is 54.3 Å². The van der Waals surface area contributed by atoms with E-state index in [4.69, 9.17) is 13.8 Å². The normalized spacial score (nSPS) is 13.8. The molecule has 10 heteroatoms. The standard InChI is InChI=1S/C53H94NO8P/c1-3-5-7-9-11-13-15-17-19-21-23-24-25-26-28-30-32-34-36-38-40-42-44-46-53(57)60-49-51(55)50-62-63(58,59)61-48-47-54-52(56)45-43-41-39-37-35-33-31-29-27-22-20-18-16-14-12-10-8-6-4-2/h5,7,11,13,17,19,23-24,26,28,32,34,51,55H,3-4,6,8-10,12,14-16,18,20-22,25,27,29-31,33,35-50H2,1-2H3,(H,54,56)(H,58,59)/b7-5-,13-11-,19-17-,24-23-,28-26-,34-32-. The molecule has 3 N–H and O–H groups in total. The molecule has 2 unspecified atom stereocenters. The van der Waals surface area contributed by atoms with Crippen molar-refractivity contribution >= 4 is 19.7 Å². The van der Waals surface area contributed by atoms with Crippen LogP contribution in [0.4, 0.5) is 0 Å². The Kier molecular flexibility index (Phi) is 46.9. The molecule has 0 bridgehead atoms. The van der Waals surface area contributed by atoms with Gasteiger partial charge in [0.15, 0.2) is 0 Å². The van der Waals surface area contributed by atoms with Crippen molar-refractivity contribution in [3.8, 4) is 0 Å². The zero-order chi connectivity index (χ0) is 46.0. The summed E-state index contributed by atoms with van der Waals surface area (Å²) in [6, 6.07) is 0. The molecule has 0 saturated heterocycles. The van der Waals surface area contributed by atoms with E-state index in [2.05, 4.69) is 92.1 Å². The minimum Gasteiger partial charge on any atom is -0.463 e. The van der Waals surface area contributed by atoms with Gasteiger partial charge in [0.1, 0.15) is 12.7 Å². The highest BCUT2D eigenvalue weighted by atomic mass is 31.2. The fourth-order valence-corrected chi connectivity index (χ4v) is 7.61. The molecule has 0 saturated carbocycles. The maximum Gasteiger partial charge on any atom is 0.472 e. The van der Waals surface area contributed by atoms with Gasteiger partial charge in [-0.3, -0.25) is 18.6 Å². The molecule has 63 heavy (non-hydrogen) atoms. The molecule has 0 aromatic heterocycles. The van der Waals surface area contributed by atoms with Gasteiger partial charge in [-0.25, -0.2) is 4.57 Å². The number of rotatable bonds is 47. The Hall–Kier alpha value is -2.55. The highest BCUT2D eigenvalue weighted by Gasteiger charge is 2.23. The van der Waals surface area contributed by atoms with Crippen LogP contribution in [-0.2, 0) is 27.9 Å². The molecule has 0 aromatic carbocycles. The molecule has 0 rings (SSSR count). The molecule has 0 aromatic rings. The van der Waals surface area contributed by atoms with Crippen LogP contribution in [0.5, 0.6) is 0 Å². The Morgan fingerprint density at radius 2 is 0.905 bits per heavy atom. The van der Waals surface area contributed by atoms with E-state index in [1.807, 2.05) is 0 Å². The Labute approximate surface area is 386 Å². The summed E-state index contributed by atoms with van der Waals surface area (Å²) in [4.78, 5) is 34.1. The average molecular weight is 904 g/mol. The van der Waals surface area contributed by atoms with Crippen molar-refractivity contribution < 1.29 is 37.9 Å². The average Bonchev–Trinajstić information content (AvgIpc) is 3.27. The van der Waals surface area contributed by atoms with Crippen LogP contribution in [0.2, 0.25) is 0 Å². The zero-order valence-corrected chi connectivity index (χ0v) is 41.1. The maximum absolute atomic E-state index is 12.1. The fraction of sp³-hybridized carbons (Fsp3) is 0.736. The minimum atomic E-state index is -4.43. The van der Waals surface area contributed by atoms with Gasteiger partial charge < -0.3 is 20.1 Å². The van der Waals surface area contributed by atoms with E-state index >= 15 is 0 Å². The summed E-state index contributed by atoms with van der Waals surface area (Å²) in [7, 11) is -4.43. The summed E-state index contributed by atoms with van der Waals surface area (Å²) in [6.45, 7) is 3.43. The van der Waals surface area contributed by atoms with E-state index < -0.39 is 26.5 Å². The quantitative estimate of drug-likeness (QED) is 0.0238. The van der Waals surface area contributed by atoms with E-state index in [9.17, 15) is 24.2 Å². The number of allylic oxidation sites excluding steroid dienone is 12. The zero-order valence-electron chi connectivity index (χ0n) is 40.3. The van der Waals surface area contributed by atoms with Gasteiger partial charge >= 0.3 is 13.8 Å². The summed E-state index contributed by atoms with van der Waals surface area (Å²) in [5, 5.41) is 12.7. The number of ether oxygens (including phenoxy) is 1. The first kappa shape index (κ1) is 60.5. The number of hydrogen-bond donors (Lipinski definition) is 3. The van der Waals surface area contributed by atoms with Crippen LogP contribution in [0.25, 0.3) is 0 Å². The van der Waals surface area contributed by atoms with Crippen molar-refractivity contribution in [3.05, 3.63) is 72.9 Å². The molecule has 2 atom stereocenters. The topological polar surface area (TPSA) is 131 Å². The van der Waals surface area contributed by atoms with E-state index in [0.29, 0.717) is 12.8 Å². The minimum absolute atomic E-state index is 0.0779. The Balaban J connectivity index is 3.62. The molecule has 9 nitrogen and oxygen atoms in total. The van der Waals surface area contributed by atoms with Crippen LogP contribution in [0.3, 0.4) is 0 Å². The third-order valence-corrected chi connectivity index (χ3v) is 11.6. The molecule has 0 aliphatic rings. The summed E-state index contributed by atoms with van der Waals surface area (Å²) in [5.41, 5.74) is 0. The number of unbranched alkanes of at least 4 members (excludes halogenated alkanes) is 22. The first-order valence-corrected chi connectivity index (χ1v) is 26.9. The number of carbonyl (C=O) groups excluding carboxylic acids is 2. The third-order valence-electron chi connectivity index (χ3n) is 10.7. The lowest BCUT2D eigenvalue weighted by atomic mass is 10.0. The summed E-state index contributed by atoms with van der Waals surface area (Å²) < 4.78 is 27.0. The second kappa shape index (κ2) is 48.9.